The predicted octanol–water partition coefficient (Wildman–Crippen LogP) is 1.36. The average Bonchev–Trinajstić information content (AvgIpc) is 2.45. The van der Waals surface area contributed by atoms with E-state index in [1.54, 1.807) is 12.1 Å². The first-order chi connectivity index (χ1) is 9.87. The number of aliphatic carboxylic acids is 1. The highest BCUT2D eigenvalue weighted by atomic mass is 32.2. The van der Waals surface area contributed by atoms with Crippen molar-refractivity contribution in [3.63, 3.8) is 0 Å². The van der Waals surface area contributed by atoms with Crippen LogP contribution in [0.4, 0.5) is 0 Å². The maximum Gasteiger partial charge on any atom is 0.303 e. The molecule has 0 aliphatic carbocycles. The highest BCUT2D eigenvalue weighted by Crippen LogP contribution is 2.15. The monoisotopic (exact) mass is 315 g/mol. The molecule has 0 saturated heterocycles. The van der Waals surface area contributed by atoms with Crippen LogP contribution in [-0.2, 0) is 26.0 Å². The molecular weight excluding hydrogens is 294 g/mol. The van der Waals surface area contributed by atoms with Gasteiger partial charge >= 0.3 is 5.97 Å². The SMILES string of the molecule is CCOCCN(C)S(=O)(=O)c1ccc(CCC(=O)O)cc1. The van der Waals surface area contributed by atoms with Gasteiger partial charge in [0.05, 0.1) is 11.5 Å². The lowest BCUT2D eigenvalue weighted by Gasteiger charge is -2.17. The number of sulfonamides is 1. The van der Waals surface area contributed by atoms with Crippen LogP contribution >= 0.6 is 0 Å². The van der Waals surface area contributed by atoms with Gasteiger partial charge in [0, 0.05) is 26.6 Å². The molecule has 0 heterocycles. The zero-order chi connectivity index (χ0) is 15.9. The van der Waals surface area contributed by atoms with Crippen LogP contribution in [0.15, 0.2) is 29.2 Å². The second-order valence-electron chi connectivity index (χ2n) is 4.56. The summed E-state index contributed by atoms with van der Waals surface area (Å²) in [6, 6.07) is 6.30. The molecule has 1 aromatic carbocycles. The standard InChI is InChI=1S/C14H21NO5S/c1-3-20-11-10-15(2)21(18,19)13-7-4-12(5-8-13)6-9-14(16)17/h4-5,7-8H,3,6,9-11H2,1-2H3,(H,16,17). The number of likely N-dealkylation sites (N-methyl/N-ethyl adjacent to an activating group) is 1. The Morgan fingerprint density at radius 2 is 1.90 bits per heavy atom. The Bertz CT molecular complexity index is 553. The summed E-state index contributed by atoms with van der Waals surface area (Å²) in [6.07, 6.45) is 0.413. The third-order valence-corrected chi connectivity index (χ3v) is 4.88. The van der Waals surface area contributed by atoms with Gasteiger partial charge in [-0.05, 0) is 31.0 Å². The van der Waals surface area contributed by atoms with E-state index in [0.717, 1.165) is 5.56 Å². The normalized spacial score (nSPS) is 11.8. The Morgan fingerprint density at radius 1 is 1.29 bits per heavy atom. The second-order valence-corrected chi connectivity index (χ2v) is 6.61. The maximum absolute atomic E-state index is 12.3. The molecule has 21 heavy (non-hydrogen) atoms. The molecule has 0 radical (unpaired) electrons. The number of benzene rings is 1. The third kappa shape index (κ3) is 5.45. The van der Waals surface area contributed by atoms with E-state index in [9.17, 15) is 13.2 Å². The first-order valence-electron chi connectivity index (χ1n) is 6.72. The van der Waals surface area contributed by atoms with Crippen LogP contribution in [0.3, 0.4) is 0 Å². The Hall–Kier alpha value is -1.44. The summed E-state index contributed by atoms with van der Waals surface area (Å²) in [5.74, 6) is -0.873. The zero-order valence-corrected chi connectivity index (χ0v) is 13.1. The largest absolute Gasteiger partial charge is 0.481 e. The van der Waals surface area contributed by atoms with Gasteiger partial charge in [0.25, 0.3) is 0 Å². The van der Waals surface area contributed by atoms with Gasteiger partial charge in [0.15, 0.2) is 0 Å². The number of hydrogen-bond donors (Lipinski definition) is 1. The van der Waals surface area contributed by atoms with Gasteiger partial charge in [-0.15, -0.1) is 0 Å². The first kappa shape index (κ1) is 17.6. The van der Waals surface area contributed by atoms with Gasteiger partial charge in [0.2, 0.25) is 10.0 Å². The van der Waals surface area contributed by atoms with Crippen LogP contribution in [0.25, 0.3) is 0 Å². The molecule has 6 nitrogen and oxygen atoms in total. The molecule has 0 amide bonds. The number of carbonyl (C=O) groups is 1. The fourth-order valence-electron chi connectivity index (χ4n) is 1.72. The highest BCUT2D eigenvalue weighted by Gasteiger charge is 2.20. The van der Waals surface area contributed by atoms with E-state index in [-0.39, 0.29) is 17.9 Å². The smallest absolute Gasteiger partial charge is 0.303 e. The first-order valence-corrected chi connectivity index (χ1v) is 8.16. The molecule has 0 fully saturated rings. The number of nitrogens with zero attached hydrogens (tertiary/aromatic N) is 1. The summed E-state index contributed by atoms with van der Waals surface area (Å²) in [4.78, 5) is 10.7. The second kappa shape index (κ2) is 8.11. The van der Waals surface area contributed by atoms with Crippen LogP contribution in [0, 0.1) is 0 Å². The van der Waals surface area contributed by atoms with E-state index < -0.39 is 16.0 Å². The quantitative estimate of drug-likeness (QED) is 0.696. The Morgan fingerprint density at radius 3 is 2.43 bits per heavy atom. The van der Waals surface area contributed by atoms with Crippen molar-refractivity contribution in [1.29, 1.82) is 0 Å². The third-order valence-electron chi connectivity index (χ3n) is 3.01. The molecule has 0 unspecified atom stereocenters. The minimum Gasteiger partial charge on any atom is -0.481 e. The lowest BCUT2D eigenvalue weighted by atomic mass is 10.1. The number of carboxylic acid groups (broad SMARTS) is 1. The van der Waals surface area contributed by atoms with E-state index in [2.05, 4.69) is 0 Å². The molecule has 1 aromatic rings. The number of aryl methyl sites for hydroxylation is 1. The van der Waals surface area contributed by atoms with E-state index in [0.29, 0.717) is 19.6 Å². The van der Waals surface area contributed by atoms with Gasteiger partial charge in [-0.3, -0.25) is 4.79 Å². The highest BCUT2D eigenvalue weighted by molar-refractivity contribution is 7.89. The van der Waals surface area contributed by atoms with E-state index in [1.165, 1.54) is 23.5 Å². The van der Waals surface area contributed by atoms with Crippen molar-refractivity contribution in [1.82, 2.24) is 4.31 Å². The van der Waals surface area contributed by atoms with Gasteiger partial charge in [0.1, 0.15) is 0 Å². The summed E-state index contributed by atoms with van der Waals surface area (Å²) >= 11 is 0. The summed E-state index contributed by atoms with van der Waals surface area (Å²) in [7, 11) is -2.02. The van der Waals surface area contributed by atoms with Crippen LogP contribution in [-0.4, -0.2) is 50.6 Å². The lowest BCUT2D eigenvalue weighted by molar-refractivity contribution is -0.136. The minimum atomic E-state index is -3.53. The van der Waals surface area contributed by atoms with Crippen LogP contribution in [0.1, 0.15) is 18.9 Å². The molecular formula is C14H21NO5S. The number of ether oxygens (including phenoxy) is 1. The topological polar surface area (TPSA) is 83.9 Å². The Kier molecular flexibility index (Phi) is 6.80. The van der Waals surface area contributed by atoms with Crippen molar-refractivity contribution >= 4 is 16.0 Å². The van der Waals surface area contributed by atoms with E-state index in [1.807, 2.05) is 6.92 Å². The van der Waals surface area contributed by atoms with Gasteiger partial charge in [-0.25, -0.2) is 8.42 Å². The molecule has 0 spiro atoms. The van der Waals surface area contributed by atoms with Gasteiger partial charge in [-0.1, -0.05) is 12.1 Å². The van der Waals surface area contributed by atoms with E-state index in [4.69, 9.17) is 9.84 Å². The number of carboxylic acids is 1. The number of rotatable bonds is 9. The average molecular weight is 315 g/mol. The molecule has 118 valence electrons. The summed E-state index contributed by atoms with van der Waals surface area (Å²) < 4.78 is 31.0. The Balaban J connectivity index is 2.72. The van der Waals surface area contributed by atoms with Crippen LogP contribution < -0.4 is 0 Å². The molecule has 0 aliphatic heterocycles. The zero-order valence-electron chi connectivity index (χ0n) is 12.3. The fourth-order valence-corrected chi connectivity index (χ4v) is 2.87. The summed E-state index contributed by atoms with van der Waals surface area (Å²) in [5, 5.41) is 8.62. The summed E-state index contributed by atoms with van der Waals surface area (Å²) in [5.41, 5.74) is 0.799. The van der Waals surface area contributed by atoms with Crippen LogP contribution in [0.5, 0.6) is 0 Å². The van der Waals surface area contributed by atoms with Crippen molar-refractivity contribution in [2.75, 3.05) is 26.8 Å². The molecule has 0 aromatic heterocycles. The molecule has 0 atom stereocenters. The van der Waals surface area contributed by atoms with Crippen molar-refractivity contribution in [2.24, 2.45) is 0 Å². The Labute approximate surface area is 125 Å². The molecule has 0 bridgehead atoms. The molecule has 7 heteroatoms. The van der Waals surface area contributed by atoms with Gasteiger partial charge in [-0.2, -0.15) is 4.31 Å². The molecule has 1 N–H and O–H groups in total. The predicted molar refractivity (Wildman–Crippen MR) is 78.7 cm³/mol. The van der Waals surface area contributed by atoms with Crippen molar-refractivity contribution in [2.45, 2.75) is 24.7 Å². The minimum absolute atomic E-state index is 0.0281. The number of hydrogen-bond acceptors (Lipinski definition) is 4. The summed E-state index contributed by atoms with van der Waals surface area (Å²) in [6.45, 7) is 3.04. The molecule has 1 rings (SSSR count). The van der Waals surface area contributed by atoms with Crippen molar-refractivity contribution < 1.29 is 23.1 Å². The van der Waals surface area contributed by atoms with Crippen molar-refractivity contribution in [3.05, 3.63) is 29.8 Å². The molecule has 0 saturated carbocycles. The van der Waals surface area contributed by atoms with Crippen LogP contribution in [0.2, 0.25) is 0 Å². The van der Waals surface area contributed by atoms with E-state index >= 15 is 0 Å². The van der Waals surface area contributed by atoms with Crippen molar-refractivity contribution in [3.8, 4) is 0 Å². The van der Waals surface area contributed by atoms with Gasteiger partial charge < -0.3 is 9.84 Å². The maximum atomic E-state index is 12.3. The lowest BCUT2D eigenvalue weighted by Crippen LogP contribution is -2.30. The molecule has 0 aliphatic rings. The fraction of sp³-hybridized carbons (Fsp3) is 0.500.